The summed E-state index contributed by atoms with van der Waals surface area (Å²) in [7, 11) is 0. The Morgan fingerprint density at radius 3 is 1.92 bits per heavy atom. The molecular weight excluding hydrogens is 298 g/mol. The van der Waals surface area contributed by atoms with E-state index in [1.807, 2.05) is 24.3 Å². The molecule has 0 saturated heterocycles. The van der Waals surface area contributed by atoms with Crippen LogP contribution in [0.4, 0.5) is 0 Å². The fraction of sp³-hybridized carbons (Fsp3) is 0.700. The lowest BCUT2D eigenvalue weighted by Gasteiger charge is -2.48. The van der Waals surface area contributed by atoms with Gasteiger partial charge in [-0.3, -0.25) is 0 Å². The summed E-state index contributed by atoms with van der Waals surface area (Å²) in [5.41, 5.74) is 2.08. The largest absolute Gasteiger partial charge is 0.391 e. The van der Waals surface area contributed by atoms with Crippen molar-refractivity contribution in [1.82, 2.24) is 15.0 Å². The number of benzene rings is 1. The van der Waals surface area contributed by atoms with Gasteiger partial charge in [-0.25, -0.2) is 0 Å². The van der Waals surface area contributed by atoms with Gasteiger partial charge in [0, 0.05) is 0 Å². The lowest BCUT2D eigenvalue weighted by Crippen LogP contribution is -2.47. The Labute approximate surface area is 145 Å². The molecule has 4 atom stereocenters. The number of rotatable bonds is 1. The number of hydrogen-bond acceptors (Lipinski definition) is 3. The Morgan fingerprint density at radius 2 is 1.46 bits per heavy atom. The van der Waals surface area contributed by atoms with Crippen LogP contribution in [0.1, 0.15) is 60.4 Å². The van der Waals surface area contributed by atoms with E-state index in [4.69, 9.17) is 0 Å². The number of fused-ring (bicyclic) bond motifs is 1. The van der Waals surface area contributed by atoms with Crippen molar-refractivity contribution in [1.29, 1.82) is 0 Å². The Hall–Kier alpha value is -1.42. The summed E-state index contributed by atoms with van der Waals surface area (Å²) in [5.74, 6) is 0.791. The second-order valence-corrected chi connectivity index (χ2v) is 9.57. The Morgan fingerprint density at radius 1 is 0.917 bits per heavy atom. The van der Waals surface area contributed by atoms with Crippen molar-refractivity contribution < 1.29 is 5.11 Å². The maximum Gasteiger partial charge on any atom is 0.113 e. The number of hydrogen-bond donors (Lipinski definition) is 1. The molecule has 1 aromatic heterocycles. The zero-order valence-electron chi connectivity index (χ0n) is 15.8. The van der Waals surface area contributed by atoms with E-state index >= 15 is 0 Å². The third-order valence-electron chi connectivity index (χ3n) is 5.81. The summed E-state index contributed by atoms with van der Waals surface area (Å²) >= 11 is 0. The first-order valence-corrected chi connectivity index (χ1v) is 9.07. The first kappa shape index (κ1) is 17.4. The third kappa shape index (κ3) is 3.21. The van der Waals surface area contributed by atoms with Crippen molar-refractivity contribution in [2.45, 2.75) is 66.5 Å². The number of nitrogens with zero attached hydrogens (tertiary/aromatic N) is 3. The molecule has 24 heavy (non-hydrogen) atoms. The molecule has 0 radical (unpaired) electrons. The molecule has 0 bridgehead atoms. The average molecular weight is 329 g/mol. The second-order valence-electron chi connectivity index (χ2n) is 9.57. The molecule has 4 unspecified atom stereocenters. The quantitative estimate of drug-likeness (QED) is 0.841. The maximum absolute atomic E-state index is 11.1. The van der Waals surface area contributed by atoms with Gasteiger partial charge in [-0.05, 0) is 47.6 Å². The molecule has 1 heterocycles. The molecule has 0 spiro atoms. The van der Waals surface area contributed by atoms with Gasteiger partial charge in [-0.1, -0.05) is 53.7 Å². The Bertz CT molecular complexity index is 674. The van der Waals surface area contributed by atoms with Gasteiger partial charge in [0.15, 0.2) is 0 Å². The minimum absolute atomic E-state index is 0.0559. The van der Waals surface area contributed by atoms with E-state index in [1.54, 1.807) is 4.80 Å². The molecule has 0 aliphatic heterocycles. The predicted octanol–water partition coefficient (Wildman–Crippen LogP) is 4.45. The molecule has 2 aromatic rings. The SMILES string of the molecule is CC(C)(C)C1CC(n2nc3ccccc3n2)C(O)C(C(C)(C)C)C1. The van der Waals surface area contributed by atoms with Crippen LogP contribution in [0.3, 0.4) is 0 Å². The standard InChI is InChI=1S/C20H31N3O/c1-19(2,3)13-11-14(20(4,5)6)18(24)17(12-13)23-21-15-9-7-8-10-16(15)22-23/h7-10,13-14,17-18,24H,11-12H2,1-6H3. The minimum Gasteiger partial charge on any atom is -0.391 e. The molecule has 4 nitrogen and oxygen atoms in total. The van der Waals surface area contributed by atoms with Crippen molar-refractivity contribution in [2.24, 2.45) is 22.7 Å². The summed E-state index contributed by atoms with van der Waals surface area (Å²) < 4.78 is 0. The number of aromatic nitrogens is 3. The van der Waals surface area contributed by atoms with E-state index in [9.17, 15) is 5.11 Å². The fourth-order valence-electron chi connectivity index (χ4n) is 4.07. The topological polar surface area (TPSA) is 50.9 Å². The van der Waals surface area contributed by atoms with E-state index in [0.717, 1.165) is 23.9 Å². The van der Waals surface area contributed by atoms with Gasteiger partial charge in [0.2, 0.25) is 0 Å². The molecule has 132 valence electrons. The smallest absolute Gasteiger partial charge is 0.113 e. The van der Waals surface area contributed by atoms with Crippen LogP contribution in [-0.4, -0.2) is 26.2 Å². The van der Waals surface area contributed by atoms with Crippen molar-refractivity contribution in [2.75, 3.05) is 0 Å². The third-order valence-corrected chi connectivity index (χ3v) is 5.81. The molecule has 4 heteroatoms. The van der Waals surface area contributed by atoms with Gasteiger partial charge in [-0.15, -0.1) is 0 Å². The summed E-state index contributed by atoms with van der Waals surface area (Å²) in [5, 5.41) is 20.5. The lowest BCUT2D eigenvalue weighted by atomic mass is 9.61. The summed E-state index contributed by atoms with van der Waals surface area (Å²) in [6, 6.07) is 7.87. The van der Waals surface area contributed by atoms with Gasteiger partial charge in [0.25, 0.3) is 0 Å². The highest BCUT2D eigenvalue weighted by molar-refractivity contribution is 5.73. The highest BCUT2D eigenvalue weighted by atomic mass is 16.3. The molecule has 1 aromatic carbocycles. The predicted molar refractivity (Wildman–Crippen MR) is 97.7 cm³/mol. The number of aliphatic hydroxyl groups excluding tert-OH is 1. The molecular formula is C20H31N3O. The summed E-state index contributed by atoms with van der Waals surface area (Å²) in [6.45, 7) is 13.6. The van der Waals surface area contributed by atoms with Crippen LogP contribution in [0.5, 0.6) is 0 Å². The zero-order chi connectivity index (χ0) is 17.7. The maximum atomic E-state index is 11.1. The van der Waals surface area contributed by atoms with Crippen LogP contribution in [0, 0.1) is 22.7 Å². The van der Waals surface area contributed by atoms with Crippen LogP contribution < -0.4 is 0 Å². The Balaban J connectivity index is 2.00. The normalized spacial score (nSPS) is 29.1. The van der Waals surface area contributed by atoms with E-state index in [0.29, 0.717) is 5.92 Å². The van der Waals surface area contributed by atoms with Crippen molar-refractivity contribution in [3.63, 3.8) is 0 Å². The van der Waals surface area contributed by atoms with Crippen molar-refractivity contribution >= 4 is 11.0 Å². The summed E-state index contributed by atoms with van der Waals surface area (Å²) in [4.78, 5) is 1.78. The Kier molecular flexibility index (Phi) is 4.23. The molecule has 0 amide bonds. The van der Waals surface area contributed by atoms with Gasteiger partial charge >= 0.3 is 0 Å². The van der Waals surface area contributed by atoms with E-state index in [-0.39, 0.29) is 22.8 Å². The zero-order valence-corrected chi connectivity index (χ0v) is 15.8. The minimum atomic E-state index is -0.412. The van der Waals surface area contributed by atoms with Gasteiger partial charge < -0.3 is 5.11 Å². The molecule has 3 rings (SSSR count). The highest BCUT2D eigenvalue weighted by Crippen LogP contribution is 2.49. The highest BCUT2D eigenvalue weighted by Gasteiger charge is 2.46. The van der Waals surface area contributed by atoms with Crippen LogP contribution in [0.15, 0.2) is 24.3 Å². The van der Waals surface area contributed by atoms with Gasteiger partial charge in [0.1, 0.15) is 11.0 Å². The van der Waals surface area contributed by atoms with E-state index in [2.05, 4.69) is 51.7 Å². The first-order chi connectivity index (χ1) is 11.1. The molecule has 1 N–H and O–H groups in total. The van der Waals surface area contributed by atoms with Crippen LogP contribution in [0.25, 0.3) is 11.0 Å². The molecule has 1 aliphatic carbocycles. The van der Waals surface area contributed by atoms with Gasteiger partial charge in [-0.2, -0.15) is 15.0 Å². The monoisotopic (exact) mass is 329 g/mol. The lowest BCUT2D eigenvalue weighted by molar-refractivity contribution is -0.0685. The summed E-state index contributed by atoms with van der Waals surface area (Å²) in [6.07, 6.45) is 1.58. The van der Waals surface area contributed by atoms with Crippen LogP contribution in [-0.2, 0) is 0 Å². The van der Waals surface area contributed by atoms with Crippen LogP contribution >= 0.6 is 0 Å². The number of aliphatic hydroxyl groups is 1. The average Bonchev–Trinajstić information content (AvgIpc) is 2.88. The van der Waals surface area contributed by atoms with Gasteiger partial charge in [0.05, 0.1) is 12.1 Å². The molecule has 1 aliphatic rings. The molecule has 1 fully saturated rings. The van der Waals surface area contributed by atoms with Crippen molar-refractivity contribution in [3.05, 3.63) is 24.3 Å². The first-order valence-electron chi connectivity index (χ1n) is 9.07. The van der Waals surface area contributed by atoms with E-state index < -0.39 is 6.10 Å². The van der Waals surface area contributed by atoms with Crippen LogP contribution in [0.2, 0.25) is 0 Å². The van der Waals surface area contributed by atoms with Crippen molar-refractivity contribution in [3.8, 4) is 0 Å². The van der Waals surface area contributed by atoms with E-state index in [1.165, 1.54) is 0 Å². The fourth-order valence-corrected chi connectivity index (χ4v) is 4.07. The molecule has 1 saturated carbocycles. The second kappa shape index (κ2) is 5.83.